The fraction of sp³-hybridized carbons (Fsp3) is 0.571. The molecule has 0 aliphatic rings. The molecule has 3 heteroatoms. The van der Waals surface area contributed by atoms with Crippen LogP contribution in [0, 0.1) is 5.92 Å². The first-order chi connectivity index (χ1) is 8.27. The molecule has 0 radical (unpaired) electrons. The fourth-order valence-electron chi connectivity index (χ4n) is 1.73. The lowest BCUT2D eigenvalue weighted by molar-refractivity contribution is -0.137. The lowest BCUT2D eigenvalue weighted by atomic mass is 10.1. The van der Waals surface area contributed by atoms with Gasteiger partial charge in [-0.2, -0.15) is 0 Å². The molecule has 0 saturated carbocycles. The van der Waals surface area contributed by atoms with Gasteiger partial charge in [0.1, 0.15) is 0 Å². The fourth-order valence-corrected chi connectivity index (χ4v) is 1.73. The molecule has 96 valence electrons. The van der Waals surface area contributed by atoms with Gasteiger partial charge in [-0.3, -0.25) is 0 Å². The molecule has 0 aliphatic carbocycles. The van der Waals surface area contributed by atoms with Crippen molar-refractivity contribution in [2.45, 2.75) is 26.2 Å². The largest absolute Gasteiger partial charge is 0.377 e. The first-order valence-electron chi connectivity index (χ1n) is 5.95. The third-order valence-electron chi connectivity index (χ3n) is 2.76. The van der Waals surface area contributed by atoms with Crippen LogP contribution < -0.4 is 0 Å². The van der Waals surface area contributed by atoms with Crippen molar-refractivity contribution in [3.63, 3.8) is 0 Å². The van der Waals surface area contributed by atoms with Crippen molar-refractivity contribution in [1.29, 1.82) is 0 Å². The summed E-state index contributed by atoms with van der Waals surface area (Å²) in [5, 5.41) is 0. The molecule has 1 unspecified atom stereocenters. The van der Waals surface area contributed by atoms with E-state index < -0.39 is 0 Å². The summed E-state index contributed by atoms with van der Waals surface area (Å²) in [7, 11) is 3.32. The van der Waals surface area contributed by atoms with Gasteiger partial charge in [-0.15, -0.1) is 0 Å². The number of benzene rings is 1. The van der Waals surface area contributed by atoms with E-state index in [1.165, 1.54) is 5.56 Å². The van der Waals surface area contributed by atoms with Crippen molar-refractivity contribution >= 4 is 0 Å². The normalized spacial score (nSPS) is 12.9. The molecule has 1 aromatic carbocycles. The van der Waals surface area contributed by atoms with E-state index >= 15 is 0 Å². The Kier molecular flexibility index (Phi) is 6.86. The molecule has 0 saturated heterocycles. The highest BCUT2D eigenvalue weighted by Gasteiger charge is 2.15. The standard InChI is InChI=1S/C14H22O3/c1-12(14(15-2)16-3)9-10-17-11-13-7-5-4-6-8-13/h4-8,12,14H,9-11H2,1-3H3. The highest BCUT2D eigenvalue weighted by molar-refractivity contribution is 5.13. The monoisotopic (exact) mass is 238 g/mol. The molecule has 0 fully saturated rings. The number of hydrogen-bond acceptors (Lipinski definition) is 3. The van der Waals surface area contributed by atoms with Crippen LogP contribution in [0.3, 0.4) is 0 Å². The smallest absolute Gasteiger partial charge is 0.159 e. The van der Waals surface area contributed by atoms with Gasteiger partial charge in [0, 0.05) is 26.7 Å². The number of rotatable bonds is 8. The van der Waals surface area contributed by atoms with E-state index in [0.29, 0.717) is 12.5 Å². The van der Waals surface area contributed by atoms with Crippen LogP contribution in [0.1, 0.15) is 18.9 Å². The zero-order chi connectivity index (χ0) is 12.5. The van der Waals surface area contributed by atoms with Crippen molar-refractivity contribution in [3.05, 3.63) is 35.9 Å². The Labute approximate surface area is 104 Å². The van der Waals surface area contributed by atoms with Gasteiger partial charge in [0.2, 0.25) is 0 Å². The third-order valence-corrected chi connectivity index (χ3v) is 2.76. The maximum Gasteiger partial charge on any atom is 0.159 e. The van der Waals surface area contributed by atoms with Gasteiger partial charge in [-0.05, 0) is 12.0 Å². The van der Waals surface area contributed by atoms with Crippen LogP contribution in [0.5, 0.6) is 0 Å². The minimum atomic E-state index is -0.143. The summed E-state index contributed by atoms with van der Waals surface area (Å²) >= 11 is 0. The second-order valence-corrected chi connectivity index (χ2v) is 4.14. The summed E-state index contributed by atoms with van der Waals surface area (Å²) in [5.74, 6) is 0.334. The van der Waals surface area contributed by atoms with Crippen LogP contribution in [0.4, 0.5) is 0 Å². The molecule has 0 bridgehead atoms. The topological polar surface area (TPSA) is 27.7 Å². The Morgan fingerprint density at radius 2 is 1.71 bits per heavy atom. The van der Waals surface area contributed by atoms with E-state index in [4.69, 9.17) is 14.2 Å². The van der Waals surface area contributed by atoms with Crippen molar-refractivity contribution in [3.8, 4) is 0 Å². The van der Waals surface area contributed by atoms with E-state index in [1.54, 1.807) is 14.2 Å². The zero-order valence-corrected chi connectivity index (χ0v) is 10.9. The Morgan fingerprint density at radius 3 is 2.29 bits per heavy atom. The van der Waals surface area contributed by atoms with Crippen molar-refractivity contribution in [2.75, 3.05) is 20.8 Å². The molecule has 0 aromatic heterocycles. The first kappa shape index (κ1) is 14.2. The van der Waals surface area contributed by atoms with Crippen LogP contribution >= 0.6 is 0 Å². The van der Waals surface area contributed by atoms with Crippen LogP contribution in [0.15, 0.2) is 30.3 Å². The van der Waals surface area contributed by atoms with Crippen molar-refractivity contribution < 1.29 is 14.2 Å². The van der Waals surface area contributed by atoms with E-state index in [2.05, 4.69) is 19.1 Å². The molecule has 1 aromatic rings. The molecule has 0 amide bonds. The van der Waals surface area contributed by atoms with Gasteiger partial charge in [0.05, 0.1) is 6.61 Å². The first-order valence-corrected chi connectivity index (χ1v) is 5.95. The molecule has 17 heavy (non-hydrogen) atoms. The third kappa shape index (κ3) is 5.31. The molecule has 1 atom stereocenters. The average molecular weight is 238 g/mol. The second kappa shape index (κ2) is 8.23. The maximum absolute atomic E-state index is 5.62. The van der Waals surface area contributed by atoms with Crippen LogP contribution in [0.25, 0.3) is 0 Å². The summed E-state index contributed by atoms with van der Waals surface area (Å²) in [4.78, 5) is 0. The van der Waals surface area contributed by atoms with Gasteiger partial charge in [0.25, 0.3) is 0 Å². The van der Waals surface area contributed by atoms with Crippen LogP contribution in [-0.2, 0) is 20.8 Å². The van der Waals surface area contributed by atoms with Gasteiger partial charge in [-0.25, -0.2) is 0 Å². The maximum atomic E-state index is 5.62. The van der Waals surface area contributed by atoms with E-state index in [1.807, 2.05) is 18.2 Å². The number of methoxy groups -OCH3 is 2. The van der Waals surface area contributed by atoms with Gasteiger partial charge in [0.15, 0.2) is 6.29 Å². The minimum Gasteiger partial charge on any atom is -0.377 e. The SMILES string of the molecule is COC(OC)C(C)CCOCc1ccccc1. The van der Waals surface area contributed by atoms with Crippen molar-refractivity contribution in [2.24, 2.45) is 5.92 Å². The predicted octanol–water partition coefficient (Wildman–Crippen LogP) is 2.85. The Bertz CT molecular complexity index is 283. The molecule has 3 nitrogen and oxygen atoms in total. The molecule has 0 aliphatic heterocycles. The number of ether oxygens (including phenoxy) is 3. The van der Waals surface area contributed by atoms with E-state index in [0.717, 1.165) is 13.0 Å². The summed E-state index contributed by atoms with van der Waals surface area (Å²) < 4.78 is 16.0. The van der Waals surface area contributed by atoms with Crippen LogP contribution in [-0.4, -0.2) is 27.1 Å². The molecule has 0 spiro atoms. The summed E-state index contributed by atoms with van der Waals surface area (Å²) in [5.41, 5.74) is 1.20. The Hall–Kier alpha value is -0.900. The molecular weight excluding hydrogens is 216 g/mol. The Morgan fingerprint density at radius 1 is 1.06 bits per heavy atom. The second-order valence-electron chi connectivity index (χ2n) is 4.14. The molecule has 0 N–H and O–H groups in total. The lowest BCUT2D eigenvalue weighted by Crippen LogP contribution is -2.23. The van der Waals surface area contributed by atoms with Crippen molar-refractivity contribution in [1.82, 2.24) is 0 Å². The lowest BCUT2D eigenvalue weighted by Gasteiger charge is -2.20. The van der Waals surface area contributed by atoms with Gasteiger partial charge >= 0.3 is 0 Å². The Balaban J connectivity index is 2.16. The van der Waals surface area contributed by atoms with Gasteiger partial charge in [-0.1, -0.05) is 37.3 Å². The summed E-state index contributed by atoms with van der Waals surface area (Å²) in [6, 6.07) is 10.2. The molecular formula is C14H22O3. The number of hydrogen-bond donors (Lipinski definition) is 0. The highest BCUT2D eigenvalue weighted by atomic mass is 16.7. The van der Waals surface area contributed by atoms with Crippen LogP contribution in [0.2, 0.25) is 0 Å². The van der Waals surface area contributed by atoms with E-state index in [-0.39, 0.29) is 6.29 Å². The molecule has 1 rings (SSSR count). The molecule has 0 heterocycles. The minimum absolute atomic E-state index is 0.143. The average Bonchev–Trinajstić information content (AvgIpc) is 2.37. The predicted molar refractivity (Wildman–Crippen MR) is 67.7 cm³/mol. The highest BCUT2D eigenvalue weighted by Crippen LogP contribution is 2.12. The van der Waals surface area contributed by atoms with E-state index in [9.17, 15) is 0 Å². The zero-order valence-electron chi connectivity index (χ0n) is 10.9. The quantitative estimate of drug-likeness (QED) is 0.515. The summed E-state index contributed by atoms with van der Waals surface area (Å²) in [6.07, 6.45) is 0.787. The summed E-state index contributed by atoms with van der Waals surface area (Å²) in [6.45, 7) is 3.49. The van der Waals surface area contributed by atoms with Gasteiger partial charge < -0.3 is 14.2 Å².